The summed E-state index contributed by atoms with van der Waals surface area (Å²) in [6, 6.07) is 0. The zero-order valence-corrected chi connectivity index (χ0v) is 5.72. The Kier molecular flexibility index (Phi) is 2.65. The molecule has 0 aliphatic carbocycles. The minimum Gasteiger partial charge on any atom is -0.479 e. The molecule has 0 unspecified atom stereocenters. The van der Waals surface area contributed by atoms with Crippen LogP contribution in [0, 0.1) is 0 Å². The number of hydrogen-bond acceptors (Lipinski definition) is 2. The number of hydrogen-bond donors (Lipinski definition) is 2. The van der Waals surface area contributed by atoms with Gasteiger partial charge < -0.3 is 10.2 Å². The summed E-state index contributed by atoms with van der Waals surface area (Å²) in [6.07, 6.45) is 0.525. The summed E-state index contributed by atoms with van der Waals surface area (Å²) < 4.78 is 0. The van der Waals surface area contributed by atoms with E-state index in [1.807, 2.05) is 0 Å². The quantitative estimate of drug-likeness (QED) is 0.592. The lowest BCUT2D eigenvalue weighted by atomic mass is 9.98. The minimum absolute atomic E-state index is 0.263. The van der Waals surface area contributed by atoms with E-state index in [-0.39, 0.29) is 12.8 Å². The van der Waals surface area contributed by atoms with Gasteiger partial charge in [0.05, 0.1) is 0 Å². The molecule has 0 aromatic heterocycles. The predicted octanol–water partition coefficient (Wildman–Crippen LogP) is 0.622. The average molecular weight is 132 g/mol. The third-order valence-corrected chi connectivity index (χ3v) is 1.57. The first-order valence-corrected chi connectivity index (χ1v) is 3.02. The molecule has 3 nitrogen and oxygen atoms in total. The van der Waals surface area contributed by atoms with E-state index >= 15 is 0 Å². The smallest absolute Gasteiger partial charge is 0.335 e. The minimum atomic E-state index is -1.50. The Labute approximate surface area is 54.3 Å². The van der Waals surface area contributed by atoms with E-state index in [2.05, 4.69) is 0 Å². The standard InChI is InChI=1S/C6H12O3/c1-3-6(9,4-2)5(7)8/h9H,3-4H2,1-2H3,(H,7,8). The number of aliphatic carboxylic acids is 1. The normalized spacial score (nSPS) is 11.4. The summed E-state index contributed by atoms with van der Waals surface area (Å²) in [6.45, 7) is 3.30. The Bertz CT molecular complexity index is 105. The predicted molar refractivity (Wildman–Crippen MR) is 33.2 cm³/mol. The number of carboxylic acids is 1. The summed E-state index contributed by atoms with van der Waals surface area (Å²) in [7, 11) is 0. The molecular formula is C6H12O3. The van der Waals surface area contributed by atoms with Crippen molar-refractivity contribution in [2.75, 3.05) is 0 Å². The summed E-state index contributed by atoms with van der Waals surface area (Å²) in [5, 5.41) is 17.5. The lowest BCUT2D eigenvalue weighted by Crippen LogP contribution is -2.36. The van der Waals surface area contributed by atoms with Crippen LogP contribution in [0.15, 0.2) is 0 Å². The van der Waals surface area contributed by atoms with Gasteiger partial charge in [-0.05, 0) is 12.8 Å². The van der Waals surface area contributed by atoms with Gasteiger partial charge >= 0.3 is 5.97 Å². The van der Waals surface area contributed by atoms with Crippen LogP contribution in [-0.4, -0.2) is 21.8 Å². The maximum atomic E-state index is 10.2. The number of carbonyl (C=O) groups is 1. The molecule has 0 spiro atoms. The third-order valence-electron chi connectivity index (χ3n) is 1.57. The maximum absolute atomic E-state index is 10.2. The fraction of sp³-hybridized carbons (Fsp3) is 0.833. The van der Waals surface area contributed by atoms with E-state index in [1.54, 1.807) is 13.8 Å². The number of rotatable bonds is 3. The van der Waals surface area contributed by atoms with Crippen LogP contribution in [0.2, 0.25) is 0 Å². The van der Waals surface area contributed by atoms with Crippen molar-refractivity contribution >= 4 is 5.97 Å². The van der Waals surface area contributed by atoms with Gasteiger partial charge in [0.15, 0.2) is 5.60 Å². The fourth-order valence-electron chi connectivity index (χ4n) is 0.552. The zero-order valence-electron chi connectivity index (χ0n) is 5.72. The average Bonchev–Trinajstić information content (AvgIpc) is 1.86. The van der Waals surface area contributed by atoms with Gasteiger partial charge in [-0.3, -0.25) is 0 Å². The molecule has 0 bridgehead atoms. The van der Waals surface area contributed by atoms with Crippen molar-refractivity contribution in [1.82, 2.24) is 0 Å². The van der Waals surface area contributed by atoms with E-state index in [4.69, 9.17) is 10.2 Å². The van der Waals surface area contributed by atoms with Crippen LogP contribution >= 0.6 is 0 Å². The second-order valence-corrected chi connectivity index (χ2v) is 2.04. The molecule has 0 aromatic rings. The van der Waals surface area contributed by atoms with Crippen LogP contribution in [0.25, 0.3) is 0 Å². The molecule has 0 fully saturated rings. The highest BCUT2D eigenvalue weighted by atomic mass is 16.4. The van der Waals surface area contributed by atoms with E-state index in [0.717, 1.165) is 0 Å². The van der Waals surface area contributed by atoms with Gasteiger partial charge in [-0.25, -0.2) is 4.79 Å². The molecule has 3 heteroatoms. The Morgan fingerprint density at radius 2 is 1.78 bits per heavy atom. The SMILES string of the molecule is CCC(O)(CC)C(=O)O. The molecule has 0 radical (unpaired) electrons. The van der Waals surface area contributed by atoms with Crippen molar-refractivity contribution < 1.29 is 15.0 Å². The van der Waals surface area contributed by atoms with E-state index in [9.17, 15) is 4.79 Å². The highest BCUT2D eigenvalue weighted by Gasteiger charge is 2.30. The maximum Gasteiger partial charge on any atom is 0.335 e. The Morgan fingerprint density at radius 3 is 1.78 bits per heavy atom. The molecule has 2 N–H and O–H groups in total. The molecule has 0 aliphatic rings. The zero-order chi connectivity index (χ0) is 7.49. The van der Waals surface area contributed by atoms with E-state index in [1.165, 1.54) is 0 Å². The molecule has 0 saturated carbocycles. The summed E-state index contributed by atoms with van der Waals surface area (Å²) in [4.78, 5) is 10.2. The van der Waals surface area contributed by atoms with Crippen LogP contribution < -0.4 is 0 Å². The van der Waals surface area contributed by atoms with Crippen molar-refractivity contribution in [2.45, 2.75) is 32.3 Å². The van der Waals surface area contributed by atoms with Gasteiger partial charge in [-0.1, -0.05) is 13.8 Å². The van der Waals surface area contributed by atoms with Crippen LogP contribution in [0.3, 0.4) is 0 Å². The summed E-state index contributed by atoms with van der Waals surface area (Å²) in [5.41, 5.74) is -1.50. The molecule has 0 amide bonds. The molecule has 54 valence electrons. The van der Waals surface area contributed by atoms with E-state index in [0.29, 0.717) is 0 Å². The molecule has 0 saturated heterocycles. The van der Waals surface area contributed by atoms with Gasteiger partial charge in [-0.2, -0.15) is 0 Å². The summed E-state index contributed by atoms with van der Waals surface area (Å²) in [5.74, 6) is -1.13. The highest BCUT2D eigenvalue weighted by Crippen LogP contribution is 2.13. The highest BCUT2D eigenvalue weighted by molar-refractivity contribution is 5.76. The summed E-state index contributed by atoms with van der Waals surface area (Å²) >= 11 is 0. The van der Waals surface area contributed by atoms with Gasteiger partial charge in [0, 0.05) is 0 Å². The van der Waals surface area contributed by atoms with Crippen molar-refractivity contribution in [3.05, 3.63) is 0 Å². The van der Waals surface area contributed by atoms with Crippen molar-refractivity contribution in [3.8, 4) is 0 Å². The van der Waals surface area contributed by atoms with Gasteiger partial charge in [0.25, 0.3) is 0 Å². The van der Waals surface area contributed by atoms with Crippen LogP contribution in [0.4, 0.5) is 0 Å². The molecule has 9 heavy (non-hydrogen) atoms. The molecule has 0 aromatic carbocycles. The van der Waals surface area contributed by atoms with Crippen molar-refractivity contribution in [2.24, 2.45) is 0 Å². The van der Waals surface area contributed by atoms with Crippen molar-refractivity contribution in [3.63, 3.8) is 0 Å². The number of aliphatic hydroxyl groups is 1. The Morgan fingerprint density at radius 1 is 1.44 bits per heavy atom. The second-order valence-electron chi connectivity index (χ2n) is 2.04. The van der Waals surface area contributed by atoms with Gasteiger partial charge in [0.2, 0.25) is 0 Å². The fourth-order valence-corrected chi connectivity index (χ4v) is 0.552. The van der Waals surface area contributed by atoms with Gasteiger partial charge in [0.1, 0.15) is 0 Å². The van der Waals surface area contributed by atoms with Gasteiger partial charge in [-0.15, -0.1) is 0 Å². The topological polar surface area (TPSA) is 57.5 Å². The van der Waals surface area contributed by atoms with E-state index < -0.39 is 11.6 Å². The first kappa shape index (κ1) is 8.43. The Balaban J connectivity index is 4.09. The lowest BCUT2D eigenvalue weighted by molar-refractivity contribution is -0.159. The van der Waals surface area contributed by atoms with Crippen LogP contribution in [0.1, 0.15) is 26.7 Å². The molecule has 0 heterocycles. The van der Waals surface area contributed by atoms with Crippen molar-refractivity contribution in [1.29, 1.82) is 0 Å². The molecule has 0 rings (SSSR count). The Hall–Kier alpha value is -0.570. The largest absolute Gasteiger partial charge is 0.479 e. The van der Waals surface area contributed by atoms with Crippen LogP contribution in [0.5, 0.6) is 0 Å². The first-order valence-electron chi connectivity index (χ1n) is 3.02. The lowest BCUT2D eigenvalue weighted by Gasteiger charge is -2.18. The number of carboxylic acid groups (broad SMARTS) is 1. The third kappa shape index (κ3) is 1.68. The second kappa shape index (κ2) is 2.82. The molecular weight excluding hydrogens is 120 g/mol. The molecule has 0 atom stereocenters. The molecule has 0 aliphatic heterocycles. The monoisotopic (exact) mass is 132 g/mol. The van der Waals surface area contributed by atoms with Crippen LogP contribution in [-0.2, 0) is 4.79 Å². The first-order chi connectivity index (χ1) is 4.06.